The summed E-state index contributed by atoms with van der Waals surface area (Å²) in [5, 5.41) is 0. The maximum Gasteiger partial charge on any atom is 1.00 e. The van der Waals surface area contributed by atoms with E-state index in [1.54, 1.807) is 0 Å². The second-order valence-corrected chi connectivity index (χ2v) is 2.39. The Morgan fingerprint density at radius 1 is 1.33 bits per heavy atom. The normalized spacial score (nSPS) is 25.5. The first-order chi connectivity index (χ1) is 2.89. The smallest absolute Gasteiger partial charge is 0.0625 e. The molecule has 0 heteroatoms. The molecule has 1 rings (SSSR count). The Balaban J connectivity index is 0.000000360. The first kappa shape index (κ1) is 4.17. The lowest BCUT2D eigenvalue weighted by Gasteiger charge is -1.91. The van der Waals surface area contributed by atoms with E-state index in [0.29, 0.717) is 0 Å². The second-order valence-electron chi connectivity index (χ2n) is 2.39. The van der Waals surface area contributed by atoms with Crippen LogP contribution < -0.4 is 0 Å². The Labute approximate surface area is 41.0 Å². The van der Waals surface area contributed by atoms with Gasteiger partial charge in [-0.25, -0.2) is 0 Å². The van der Waals surface area contributed by atoms with Crippen molar-refractivity contribution in [1.29, 1.82) is 0 Å². The quantitative estimate of drug-likeness (QED) is 0.423. The third kappa shape index (κ3) is 0.735. The van der Waals surface area contributed by atoms with Gasteiger partial charge in [0.1, 0.15) is 0 Å². The summed E-state index contributed by atoms with van der Waals surface area (Å²) in [5.74, 6) is 1.05. The highest BCUT2D eigenvalue weighted by Crippen LogP contribution is 2.22. The third-order valence-electron chi connectivity index (χ3n) is 1.64. The van der Waals surface area contributed by atoms with E-state index in [2.05, 4.69) is 6.92 Å². The Bertz CT molecular complexity index is 37.4. The SMILES string of the molecule is CC1CCCC1.[H+]. The van der Waals surface area contributed by atoms with Gasteiger partial charge in [0.05, 0.1) is 0 Å². The van der Waals surface area contributed by atoms with Gasteiger partial charge < -0.3 is 0 Å². The molecule has 36 valence electrons. The summed E-state index contributed by atoms with van der Waals surface area (Å²) in [6.45, 7) is 2.34. The molecule has 0 amide bonds. The van der Waals surface area contributed by atoms with E-state index < -0.39 is 0 Å². The van der Waals surface area contributed by atoms with Crippen molar-refractivity contribution in [3.63, 3.8) is 0 Å². The predicted molar refractivity (Wildman–Crippen MR) is 28.7 cm³/mol. The summed E-state index contributed by atoms with van der Waals surface area (Å²) in [7, 11) is 0. The van der Waals surface area contributed by atoms with Gasteiger partial charge in [-0.3, -0.25) is 0 Å². The maximum absolute atomic E-state index is 2.34. The molecule has 0 aliphatic heterocycles. The van der Waals surface area contributed by atoms with Crippen molar-refractivity contribution in [2.75, 3.05) is 0 Å². The van der Waals surface area contributed by atoms with Crippen LogP contribution in [0.1, 0.15) is 34.0 Å². The molecule has 1 aliphatic carbocycles. The van der Waals surface area contributed by atoms with Crippen LogP contribution in [-0.2, 0) is 0 Å². The lowest BCUT2D eigenvalue weighted by Crippen LogP contribution is -1.78. The molecular formula is C6H13+. The van der Waals surface area contributed by atoms with Gasteiger partial charge in [-0.2, -0.15) is 0 Å². The van der Waals surface area contributed by atoms with Crippen LogP contribution in [0.4, 0.5) is 0 Å². The Hall–Kier alpha value is 0. The Morgan fingerprint density at radius 2 is 1.83 bits per heavy atom. The minimum atomic E-state index is 0. The highest BCUT2D eigenvalue weighted by atomic mass is 14.1. The molecule has 6 heavy (non-hydrogen) atoms. The zero-order valence-corrected chi connectivity index (χ0v) is 4.41. The van der Waals surface area contributed by atoms with Crippen LogP contribution in [0.25, 0.3) is 0 Å². The number of hydrogen-bond acceptors (Lipinski definition) is 0. The van der Waals surface area contributed by atoms with Crippen LogP contribution in [0.15, 0.2) is 0 Å². The van der Waals surface area contributed by atoms with Crippen molar-refractivity contribution in [2.24, 2.45) is 5.92 Å². The molecule has 0 N–H and O–H groups in total. The number of rotatable bonds is 0. The van der Waals surface area contributed by atoms with Crippen LogP contribution in [-0.4, -0.2) is 0 Å². The van der Waals surface area contributed by atoms with Crippen molar-refractivity contribution < 1.29 is 1.43 Å². The Kier molecular flexibility index (Phi) is 1.13. The lowest BCUT2D eigenvalue weighted by atomic mass is 10.2. The molecule has 0 nitrogen and oxygen atoms in total. The lowest BCUT2D eigenvalue weighted by molar-refractivity contribution is 0.612. The van der Waals surface area contributed by atoms with E-state index in [0.717, 1.165) is 5.92 Å². The van der Waals surface area contributed by atoms with Crippen LogP contribution in [0.5, 0.6) is 0 Å². The van der Waals surface area contributed by atoms with E-state index in [1.807, 2.05) is 0 Å². The first-order valence-electron chi connectivity index (χ1n) is 2.89. The van der Waals surface area contributed by atoms with Crippen LogP contribution in [0.2, 0.25) is 0 Å². The van der Waals surface area contributed by atoms with Crippen LogP contribution in [0.3, 0.4) is 0 Å². The molecule has 0 spiro atoms. The molecule has 0 aromatic rings. The maximum atomic E-state index is 2.34. The highest BCUT2D eigenvalue weighted by Gasteiger charge is 2.07. The van der Waals surface area contributed by atoms with Crippen LogP contribution in [0, 0.1) is 5.92 Å². The molecule has 0 atom stereocenters. The van der Waals surface area contributed by atoms with Gasteiger partial charge in [0, 0.05) is 0 Å². The van der Waals surface area contributed by atoms with E-state index in [1.165, 1.54) is 25.7 Å². The molecule has 0 radical (unpaired) electrons. The summed E-state index contributed by atoms with van der Waals surface area (Å²) in [6.07, 6.45) is 5.95. The molecule has 0 aromatic heterocycles. The molecule has 0 unspecified atom stereocenters. The van der Waals surface area contributed by atoms with E-state index in [9.17, 15) is 0 Å². The zero-order valence-electron chi connectivity index (χ0n) is 5.41. The molecule has 1 aliphatic rings. The zero-order chi connectivity index (χ0) is 4.41. The molecule has 1 fully saturated rings. The molecule has 0 bridgehead atoms. The van der Waals surface area contributed by atoms with Crippen molar-refractivity contribution >= 4 is 0 Å². The van der Waals surface area contributed by atoms with Gasteiger partial charge >= 0.3 is 1.43 Å². The topological polar surface area (TPSA) is 0 Å². The van der Waals surface area contributed by atoms with Gasteiger partial charge in [0.15, 0.2) is 0 Å². The summed E-state index contributed by atoms with van der Waals surface area (Å²) in [6, 6.07) is 0. The monoisotopic (exact) mass is 85.1 g/mol. The highest BCUT2D eigenvalue weighted by molar-refractivity contribution is 4.60. The van der Waals surface area contributed by atoms with Crippen molar-refractivity contribution in [3.8, 4) is 0 Å². The fourth-order valence-electron chi connectivity index (χ4n) is 1.13. The summed E-state index contributed by atoms with van der Waals surface area (Å²) >= 11 is 0. The van der Waals surface area contributed by atoms with Gasteiger partial charge in [0.2, 0.25) is 0 Å². The average Bonchev–Trinajstić information content (AvgIpc) is 1.86. The largest absolute Gasteiger partial charge is 1.00 e. The van der Waals surface area contributed by atoms with E-state index in [-0.39, 0.29) is 1.43 Å². The van der Waals surface area contributed by atoms with Crippen LogP contribution >= 0.6 is 0 Å². The fraction of sp³-hybridized carbons (Fsp3) is 1.00. The molecule has 0 heterocycles. The van der Waals surface area contributed by atoms with E-state index in [4.69, 9.17) is 0 Å². The third-order valence-corrected chi connectivity index (χ3v) is 1.64. The van der Waals surface area contributed by atoms with E-state index >= 15 is 0 Å². The molecule has 0 saturated heterocycles. The minimum absolute atomic E-state index is 0. The predicted octanol–water partition coefficient (Wildman–Crippen LogP) is 2.31. The Morgan fingerprint density at radius 3 is 2.00 bits per heavy atom. The molecular weight excluding hydrogens is 72.1 g/mol. The van der Waals surface area contributed by atoms with Crippen molar-refractivity contribution in [1.82, 2.24) is 0 Å². The van der Waals surface area contributed by atoms with Gasteiger partial charge in [-0.05, 0) is 5.92 Å². The first-order valence-corrected chi connectivity index (χ1v) is 2.89. The molecule has 1 saturated carbocycles. The fourth-order valence-corrected chi connectivity index (χ4v) is 1.13. The summed E-state index contributed by atoms with van der Waals surface area (Å²) in [4.78, 5) is 0. The standard InChI is InChI=1S/C6H12/c1-6-4-2-3-5-6/h6H,2-5H2,1H3/p+1. The second kappa shape index (κ2) is 1.63. The van der Waals surface area contributed by atoms with Gasteiger partial charge in [0.25, 0.3) is 0 Å². The van der Waals surface area contributed by atoms with Gasteiger partial charge in [-0.1, -0.05) is 32.6 Å². The van der Waals surface area contributed by atoms with Crippen molar-refractivity contribution in [2.45, 2.75) is 32.6 Å². The van der Waals surface area contributed by atoms with Gasteiger partial charge in [-0.15, -0.1) is 0 Å². The summed E-state index contributed by atoms with van der Waals surface area (Å²) < 4.78 is 0. The number of hydrogen-bond donors (Lipinski definition) is 0. The minimum Gasteiger partial charge on any atom is -0.0625 e. The average molecular weight is 85.2 g/mol. The molecule has 0 aromatic carbocycles. The summed E-state index contributed by atoms with van der Waals surface area (Å²) in [5.41, 5.74) is 0. The van der Waals surface area contributed by atoms with Crippen molar-refractivity contribution in [3.05, 3.63) is 0 Å².